The molecule has 2 unspecified atom stereocenters. The first-order chi connectivity index (χ1) is 16.2. The zero-order chi connectivity index (χ0) is 25.3. The molecular weight excluding hydrogens is 564 g/mol. The Balaban J connectivity index is 2.35. The van der Waals surface area contributed by atoms with E-state index < -0.39 is 11.8 Å². The molecule has 0 saturated carbocycles. The highest BCUT2D eigenvalue weighted by Gasteiger charge is 2.32. The second kappa shape index (κ2) is 14.0. The molecule has 0 amide bonds. The average Bonchev–Trinajstić information content (AvgIpc) is 2.83. The first kappa shape index (κ1) is 28.5. The number of methoxy groups -OCH3 is 2. The molecule has 0 spiro atoms. The third-order valence-corrected chi connectivity index (χ3v) is 6.62. The summed E-state index contributed by atoms with van der Waals surface area (Å²) in [6.07, 6.45) is 0. The number of ketones is 1. The van der Waals surface area contributed by atoms with E-state index in [2.05, 4.69) is 59.6 Å². The number of hydrogen-bond acceptors (Lipinski definition) is 5. The Kier molecular flexibility index (Phi) is 11.7. The lowest BCUT2D eigenvalue weighted by Crippen LogP contribution is -2.24. The van der Waals surface area contributed by atoms with Gasteiger partial charge in [0.15, 0.2) is 0 Å². The molecule has 0 aliphatic carbocycles. The lowest BCUT2D eigenvalue weighted by molar-refractivity contribution is -0.121. The summed E-state index contributed by atoms with van der Waals surface area (Å²) in [5.74, 6) is 2.82. The molecule has 188 valence electrons. The summed E-state index contributed by atoms with van der Waals surface area (Å²) >= 11 is 7.12. The maximum absolute atomic E-state index is 13.8. The van der Waals surface area contributed by atoms with Crippen molar-refractivity contribution in [1.29, 1.82) is 0 Å². The largest absolute Gasteiger partial charge is 0.496 e. The minimum Gasteiger partial charge on any atom is -0.496 e. The predicted molar refractivity (Wildman–Crippen MR) is 145 cm³/mol. The lowest BCUT2D eigenvalue weighted by atomic mass is 9.85. The summed E-state index contributed by atoms with van der Waals surface area (Å²) in [5, 5.41) is 0.936. The molecule has 0 aliphatic heterocycles. The third-order valence-electron chi connectivity index (χ3n) is 5.32. The molecule has 0 saturated heterocycles. The Morgan fingerprint density at radius 1 is 0.735 bits per heavy atom. The summed E-state index contributed by atoms with van der Waals surface area (Å²) < 4.78 is 23.0. The molecule has 0 bridgehead atoms. The number of rotatable bonds is 14. The minimum absolute atomic E-state index is 0.0667. The summed E-state index contributed by atoms with van der Waals surface area (Å²) in [4.78, 5) is 13.8. The second-order valence-electron chi connectivity index (χ2n) is 9.03. The van der Waals surface area contributed by atoms with E-state index >= 15 is 0 Å². The first-order valence-electron chi connectivity index (χ1n) is 11.5. The zero-order valence-electron chi connectivity index (χ0n) is 20.9. The van der Waals surface area contributed by atoms with E-state index in [1.54, 1.807) is 14.2 Å². The van der Waals surface area contributed by atoms with E-state index in [9.17, 15) is 4.79 Å². The van der Waals surface area contributed by atoms with Crippen molar-refractivity contribution in [3.8, 4) is 23.0 Å². The molecular formula is C27H36Br2O5. The Bertz CT molecular complexity index is 856. The molecule has 2 aromatic rings. The molecule has 2 rings (SSSR count). The van der Waals surface area contributed by atoms with Crippen molar-refractivity contribution in [2.45, 2.75) is 39.5 Å². The molecule has 0 fully saturated rings. The van der Waals surface area contributed by atoms with Crippen molar-refractivity contribution in [2.24, 2.45) is 11.8 Å². The van der Waals surface area contributed by atoms with Crippen LogP contribution in [0.15, 0.2) is 36.4 Å². The van der Waals surface area contributed by atoms with Crippen molar-refractivity contribution in [3.63, 3.8) is 0 Å². The van der Waals surface area contributed by atoms with Gasteiger partial charge >= 0.3 is 0 Å². The smallest absolute Gasteiger partial charge is 0.149 e. The number of benzene rings is 2. The fraction of sp³-hybridized carbons (Fsp3) is 0.519. The van der Waals surface area contributed by atoms with Crippen molar-refractivity contribution >= 4 is 37.6 Å². The zero-order valence-corrected chi connectivity index (χ0v) is 24.1. The molecule has 5 nitrogen and oxygen atoms in total. The number of alkyl halides is 2. The fourth-order valence-corrected chi connectivity index (χ4v) is 4.87. The van der Waals surface area contributed by atoms with E-state index in [-0.39, 0.29) is 5.78 Å². The van der Waals surface area contributed by atoms with E-state index in [0.717, 1.165) is 22.6 Å². The Morgan fingerprint density at radius 3 is 1.41 bits per heavy atom. The van der Waals surface area contributed by atoms with Gasteiger partial charge in [0.2, 0.25) is 0 Å². The summed E-state index contributed by atoms with van der Waals surface area (Å²) in [6, 6.07) is 11.3. The van der Waals surface area contributed by atoms with Crippen molar-refractivity contribution in [2.75, 3.05) is 38.1 Å². The van der Waals surface area contributed by atoms with Gasteiger partial charge in [0.05, 0.1) is 39.3 Å². The quantitative estimate of drug-likeness (QED) is 0.219. The maximum Gasteiger partial charge on any atom is 0.149 e. The van der Waals surface area contributed by atoms with Crippen LogP contribution in [0.1, 0.15) is 50.7 Å². The monoisotopic (exact) mass is 598 g/mol. The number of halogens is 2. The van der Waals surface area contributed by atoms with Gasteiger partial charge in [-0.25, -0.2) is 0 Å². The fourth-order valence-electron chi connectivity index (χ4n) is 3.53. The van der Waals surface area contributed by atoms with Gasteiger partial charge in [-0.2, -0.15) is 0 Å². The highest BCUT2D eigenvalue weighted by molar-refractivity contribution is 9.09. The van der Waals surface area contributed by atoms with E-state index in [1.807, 2.05) is 36.4 Å². The van der Waals surface area contributed by atoms with Gasteiger partial charge in [0.25, 0.3) is 0 Å². The molecule has 0 radical (unpaired) electrons. The van der Waals surface area contributed by atoms with Crippen molar-refractivity contribution in [1.82, 2.24) is 0 Å². The number of carbonyl (C=O) groups excluding carboxylic acids is 1. The van der Waals surface area contributed by atoms with Crippen LogP contribution in [0.25, 0.3) is 0 Å². The predicted octanol–water partition coefficient (Wildman–Crippen LogP) is 7.00. The van der Waals surface area contributed by atoms with Crippen LogP contribution in [-0.4, -0.2) is 43.9 Å². The number of Topliss-reactive ketones (excluding diaryl/α,β-unsaturated/α-hetero) is 1. The molecule has 7 heteroatoms. The Labute approximate surface area is 220 Å². The van der Waals surface area contributed by atoms with E-state index in [0.29, 0.717) is 47.2 Å². The summed E-state index contributed by atoms with van der Waals surface area (Å²) in [7, 11) is 3.23. The summed E-state index contributed by atoms with van der Waals surface area (Å²) in [5.41, 5.74) is 1.64. The van der Waals surface area contributed by atoms with Crippen LogP contribution in [0.3, 0.4) is 0 Å². The van der Waals surface area contributed by atoms with Crippen LogP contribution in [0.2, 0.25) is 0 Å². The standard InChI is InChI=1S/C27H36Br2O5/c1-17(2)15-33-19-7-9-21(25(11-19)31-5)23(13-28)27(30)24(14-29)22-10-8-20(12-26(22)32-6)34-16-18(3)4/h7-12,17-18,23-24H,13-16H2,1-6H3. The highest BCUT2D eigenvalue weighted by Crippen LogP contribution is 2.39. The number of carbonyl (C=O) groups is 1. The minimum atomic E-state index is -0.404. The van der Waals surface area contributed by atoms with Crippen molar-refractivity contribution < 1.29 is 23.7 Å². The molecule has 2 aromatic carbocycles. The summed E-state index contributed by atoms with van der Waals surface area (Å²) in [6.45, 7) is 9.63. The normalized spacial score (nSPS) is 13.0. The van der Waals surface area contributed by atoms with E-state index in [1.165, 1.54) is 0 Å². The Hall–Kier alpha value is -1.73. The van der Waals surface area contributed by atoms with Crippen molar-refractivity contribution in [3.05, 3.63) is 47.5 Å². The van der Waals surface area contributed by atoms with Gasteiger partial charge < -0.3 is 18.9 Å². The molecule has 0 N–H and O–H groups in total. The molecule has 2 atom stereocenters. The van der Waals surface area contributed by atoms with Gasteiger partial charge in [-0.1, -0.05) is 71.7 Å². The van der Waals surface area contributed by atoms with Crippen LogP contribution in [0.4, 0.5) is 0 Å². The van der Waals surface area contributed by atoms with Gasteiger partial charge in [-0.15, -0.1) is 0 Å². The molecule has 0 aliphatic rings. The molecule has 34 heavy (non-hydrogen) atoms. The molecule has 0 aromatic heterocycles. The van der Waals surface area contributed by atoms with Crippen LogP contribution in [-0.2, 0) is 4.79 Å². The van der Waals surface area contributed by atoms with Gasteiger partial charge in [-0.3, -0.25) is 4.79 Å². The third kappa shape index (κ3) is 7.64. The SMILES string of the molecule is COc1cc(OCC(C)C)ccc1C(CBr)C(=O)C(CBr)c1ccc(OCC(C)C)cc1OC. The van der Waals surface area contributed by atoms with E-state index in [4.69, 9.17) is 18.9 Å². The van der Waals surface area contributed by atoms with Crippen LogP contribution < -0.4 is 18.9 Å². The topological polar surface area (TPSA) is 54.0 Å². The number of ether oxygens (including phenoxy) is 4. The highest BCUT2D eigenvalue weighted by atomic mass is 79.9. The second-order valence-corrected chi connectivity index (χ2v) is 10.3. The maximum atomic E-state index is 13.8. The van der Waals surface area contributed by atoms with Gasteiger partial charge in [0, 0.05) is 33.9 Å². The Morgan fingerprint density at radius 2 is 1.12 bits per heavy atom. The van der Waals surface area contributed by atoms with Gasteiger partial charge in [-0.05, 0) is 24.0 Å². The lowest BCUT2D eigenvalue weighted by Gasteiger charge is -2.24. The van der Waals surface area contributed by atoms with Crippen LogP contribution in [0.5, 0.6) is 23.0 Å². The van der Waals surface area contributed by atoms with Gasteiger partial charge in [0.1, 0.15) is 28.8 Å². The average molecular weight is 600 g/mol. The first-order valence-corrected chi connectivity index (χ1v) is 13.8. The molecule has 0 heterocycles. The van der Waals surface area contributed by atoms with Crippen LogP contribution in [0, 0.1) is 11.8 Å². The number of hydrogen-bond donors (Lipinski definition) is 0. The van der Waals surface area contributed by atoms with Crippen LogP contribution >= 0.6 is 31.9 Å².